The van der Waals surface area contributed by atoms with Gasteiger partial charge in [0.05, 0.1) is 6.61 Å². The van der Waals surface area contributed by atoms with Crippen molar-refractivity contribution in [2.24, 2.45) is 0 Å². The van der Waals surface area contributed by atoms with E-state index in [1.165, 1.54) is 0 Å². The molecule has 27 heavy (non-hydrogen) atoms. The first-order valence-electron chi connectivity index (χ1n) is 8.59. The van der Waals surface area contributed by atoms with Crippen LogP contribution < -0.4 is 10.1 Å². The van der Waals surface area contributed by atoms with Gasteiger partial charge in [-0.2, -0.15) is 0 Å². The smallest absolute Gasteiger partial charge is 0.265 e. The maximum atomic E-state index is 12.5. The highest BCUT2D eigenvalue weighted by atomic mass is 79.9. The van der Waals surface area contributed by atoms with Gasteiger partial charge in [-0.1, -0.05) is 64.5 Å². The molecule has 0 aliphatic heterocycles. The number of aliphatic hydroxyl groups excluding tert-OH is 1. The number of aliphatic hydroxyl groups is 1. The summed E-state index contributed by atoms with van der Waals surface area (Å²) in [5.74, 6) is 0.337. The zero-order valence-corrected chi connectivity index (χ0v) is 16.4. The van der Waals surface area contributed by atoms with E-state index in [1.54, 1.807) is 19.1 Å². The van der Waals surface area contributed by atoms with Crippen LogP contribution in [0.25, 0.3) is 11.1 Å². The summed E-state index contributed by atoms with van der Waals surface area (Å²) in [4.78, 5) is 12.5. The third kappa shape index (κ3) is 4.76. The Balaban J connectivity index is 1.66. The number of amides is 1. The van der Waals surface area contributed by atoms with Crippen LogP contribution >= 0.6 is 15.9 Å². The van der Waals surface area contributed by atoms with E-state index in [9.17, 15) is 9.90 Å². The van der Waals surface area contributed by atoms with E-state index in [0.717, 1.165) is 15.6 Å². The molecule has 0 saturated heterocycles. The van der Waals surface area contributed by atoms with Gasteiger partial charge < -0.3 is 15.2 Å². The summed E-state index contributed by atoms with van der Waals surface area (Å²) in [5, 5.41) is 12.3. The summed E-state index contributed by atoms with van der Waals surface area (Å²) >= 11 is 3.37. The number of hydrogen-bond acceptors (Lipinski definition) is 3. The van der Waals surface area contributed by atoms with Crippen molar-refractivity contribution in [3.8, 4) is 16.9 Å². The number of carbonyl (C=O) groups excluding carboxylic acids is 1. The van der Waals surface area contributed by atoms with Crippen molar-refractivity contribution < 1.29 is 14.6 Å². The van der Waals surface area contributed by atoms with Gasteiger partial charge in [0.25, 0.3) is 5.91 Å². The molecule has 0 aromatic heterocycles. The van der Waals surface area contributed by atoms with Gasteiger partial charge in [0, 0.05) is 15.7 Å². The van der Waals surface area contributed by atoms with Gasteiger partial charge in [-0.05, 0) is 42.3 Å². The summed E-state index contributed by atoms with van der Waals surface area (Å²) in [6, 6.07) is 23.1. The summed E-state index contributed by atoms with van der Waals surface area (Å²) in [7, 11) is 0. The number of nitrogens with one attached hydrogen (secondary N) is 1. The first-order valence-corrected chi connectivity index (χ1v) is 9.39. The average Bonchev–Trinajstić information content (AvgIpc) is 2.69. The van der Waals surface area contributed by atoms with Gasteiger partial charge in [0.15, 0.2) is 6.10 Å². The minimum absolute atomic E-state index is 0.173. The predicted molar refractivity (Wildman–Crippen MR) is 111 cm³/mol. The summed E-state index contributed by atoms with van der Waals surface area (Å²) in [6.07, 6.45) is -0.682. The van der Waals surface area contributed by atoms with E-state index in [4.69, 9.17) is 4.74 Å². The second-order valence-electron chi connectivity index (χ2n) is 6.06. The highest BCUT2D eigenvalue weighted by Gasteiger charge is 2.17. The quantitative estimate of drug-likeness (QED) is 0.583. The Morgan fingerprint density at radius 2 is 1.67 bits per heavy atom. The normalized spacial score (nSPS) is 11.7. The Bertz CT molecular complexity index is 911. The van der Waals surface area contributed by atoms with Crippen molar-refractivity contribution in [1.82, 2.24) is 0 Å². The Labute approximate surface area is 166 Å². The van der Waals surface area contributed by atoms with Gasteiger partial charge in [0.1, 0.15) is 5.75 Å². The van der Waals surface area contributed by atoms with E-state index in [1.807, 2.05) is 60.7 Å². The Kier molecular flexibility index (Phi) is 6.27. The van der Waals surface area contributed by atoms with Crippen LogP contribution in [0.2, 0.25) is 0 Å². The Morgan fingerprint density at radius 1 is 1.00 bits per heavy atom. The van der Waals surface area contributed by atoms with Crippen molar-refractivity contribution in [2.45, 2.75) is 19.6 Å². The molecule has 3 aromatic rings. The fraction of sp³-hybridized carbons (Fsp3) is 0.136. The lowest BCUT2D eigenvalue weighted by molar-refractivity contribution is -0.122. The van der Waals surface area contributed by atoms with Gasteiger partial charge >= 0.3 is 0 Å². The van der Waals surface area contributed by atoms with Crippen molar-refractivity contribution in [3.63, 3.8) is 0 Å². The minimum Gasteiger partial charge on any atom is -0.481 e. The number of ether oxygens (including phenoxy) is 1. The molecule has 0 aliphatic carbocycles. The molecule has 0 bridgehead atoms. The Morgan fingerprint density at radius 3 is 2.33 bits per heavy atom. The van der Waals surface area contributed by atoms with Crippen LogP contribution in [0.5, 0.6) is 5.75 Å². The molecule has 2 N–H and O–H groups in total. The molecule has 5 heteroatoms. The predicted octanol–water partition coefficient (Wildman–Crippen LogP) is 5.01. The first-order chi connectivity index (χ1) is 13.1. The van der Waals surface area contributed by atoms with E-state index in [2.05, 4.69) is 21.2 Å². The molecule has 0 saturated carbocycles. The highest BCUT2D eigenvalue weighted by Crippen LogP contribution is 2.26. The van der Waals surface area contributed by atoms with Crippen LogP contribution in [-0.4, -0.2) is 17.1 Å². The molecule has 0 heterocycles. The fourth-order valence-corrected chi connectivity index (χ4v) is 3.18. The van der Waals surface area contributed by atoms with Crippen LogP contribution in [0.1, 0.15) is 12.5 Å². The van der Waals surface area contributed by atoms with Crippen molar-refractivity contribution in [3.05, 3.63) is 82.8 Å². The lowest BCUT2D eigenvalue weighted by atomic mass is 10.1. The molecule has 3 rings (SSSR count). The van der Waals surface area contributed by atoms with E-state index in [-0.39, 0.29) is 12.5 Å². The van der Waals surface area contributed by atoms with Gasteiger partial charge in [-0.25, -0.2) is 0 Å². The van der Waals surface area contributed by atoms with Crippen molar-refractivity contribution in [2.75, 3.05) is 5.32 Å². The molecular weight excluding hydrogens is 406 g/mol. The maximum Gasteiger partial charge on any atom is 0.265 e. The fourth-order valence-electron chi connectivity index (χ4n) is 2.69. The summed E-state index contributed by atoms with van der Waals surface area (Å²) in [5.41, 5.74) is 3.40. The zero-order chi connectivity index (χ0) is 19.2. The Hall–Kier alpha value is -2.63. The molecule has 0 fully saturated rings. The maximum absolute atomic E-state index is 12.5. The summed E-state index contributed by atoms with van der Waals surface area (Å²) in [6.45, 7) is 1.52. The number of rotatable bonds is 6. The molecule has 0 radical (unpaired) electrons. The monoisotopic (exact) mass is 425 g/mol. The SMILES string of the molecule is C[C@H](Oc1ccc(-c2ccccc2)cc1)C(=O)Nc1cccc(Br)c1CO. The molecule has 0 aliphatic rings. The highest BCUT2D eigenvalue weighted by molar-refractivity contribution is 9.10. The standard InChI is InChI=1S/C22H20BrNO3/c1-15(22(26)24-21-9-5-8-20(23)19(21)14-25)27-18-12-10-17(11-13-18)16-6-3-2-4-7-16/h2-13,15,25H,14H2,1H3,(H,24,26)/t15-/m0/s1. The van der Waals surface area contributed by atoms with Gasteiger partial charge in [-0.3, -0.25) is 4.79 Å². The van der Waals surface area contributed by atoms with Gasteiger partial charge in [0.2, 0.25) is 0 Å². The molecule has 0 unspecified atom stereocenters. The van der Waals surface area contributed by atoms with Gasteiger partial charge in [-0.15, -0.1) is 0 Å². The average molecular weight is 426 g/mol. The van der Waals surface area contributed by atoms with Crippen LogP contribution in [-0.2, 0) is 11.4 Å². The third-order valence-electron chi connectivity index (χ3n) is 4.18. The molecule has 1 atom stereocenters. The number of halogens is 1. The topological polar surface area (TPSA) is 58.6 Å². The number of anilines is 1. The molecular formula is C22H20BrNO3. The van der Waals surface area contributed by atoms with Crippen LogP contribution in [0.4, 0.5) is 5.69 Å². The molecule has 4 nitrogen and oxygen atoms in total. The zero-order valence-electron chi connectivity index (χ0n) is 14.9. The molecule has 0 spiro atoms. The van der Waals surface area contributed by atoms with Crippen molar-refractivity contribution in [1.29, 1.82) is 0 Å². The second-order valence-corrected chi connectivity index (χ2v) is 6.92. The largest absolute Gasteiger partial charge is 0.481 e. The second kappa shape index (κ2) is 8.84. The van der Waals surface area contributed by atoms with Crippen LogP contribution in [0, 0.1) is 0 Å². The number of hydrogen-bond donors (Lipinski definition) is 2. The van der Waals surface area contributed by atoms with E-state index >= 15 is 0 Å². The lowest BCUT2D eigenvalue weighted by Gasteiger charge is -2.17. The molecule has 1 amide bonds. The summed E-state index contributed by atoms with van der Waals surface area (Å²) < 4.78 is 6.50. The number of benzene rings is 3. The van der Waals surface area contributed by atoms with E-state index < -0.39 is 6.10 Å². The minimum atomic E-state index is -0.682. The number of carbonyl (C=O) groups is 1. The van der Waals surface area contributed by atoms with Crippen LogP contribution in [0.3, 0.4) is 0 Å². The van der Waals surface area contributed by atoms with E-state index in [0.29, 0.717) is 17.0 Å². The molecule has 138 valence electrons. The first kappa shape index (κ1) is 19.1. The third-order valence-corrected chi connectivity index (χ3v) is 4.92. The molecule has 3 aromatic carbocycles. The van der Waals surface area contributed by atoms with Crippen LogP contribution in [0.15, 0.2) is 77.3 Å². The van der Waals surface area contributed by atoms with Crippen molar-refractivity contribution >= 4 is 27.5 Å². The lowest BCUT2D eigenvalue weighted by Crippen LogP contribution is -2.30.